The van der Waals surface area contributed by atoms with Crippen LogP contribution in [0.25, 0.3) is 5.69 Å². The first-order chi connectivity index (χ1) is 13.3. The summed E-state index contributed by atoms with van der Waals surface area (Å²) in [6, 6.07) is 11.4. The second-order valence-electron chi connectivity index (χ2n) is 6.41. The summed E-state index contributed by atoms with van der Waals surface area (Å²) in [5, 5.41) is 19.5. The third kappa shape index (κ3) is 4.52. The molecule has 0 aliphatic rings. The molecule has 0 bridgehead atoms. The number of hydrogen-bond donors (Lipinski definition) is 3. The molecule has 3 N–H and O–H groups in total. The monoisotopic (exact) mass is 386 g/mol. The Labute approximate surface area is 160 Å². The van der Waals surface area contributed by atoms with E-state index in [0.29, 0.717) is 11.8 Å². The van der Waals surface area contributed by atoms with Crippen molar-refractivity contribution in [2.75, 3.05) is 11.9 Å². The summed E-state index contributed by atoms with van der Waals surface area (Å²) in [7, 11) is 0. The molecule has 2 amide bonds. The van der Waals surface area contributed by atoms with Crippen molar-refractivity contribution >= 4 is 11.7 Å². The fourth-order valence-electron chi connectivity index (χ4n) is 2.85. The van der Waals surface area contributed by atoms with Crippen molar-refractivity contribution in [3.05, 3.63) is 77.1 Å². The van der Waals surface area contributed by atoms with E-state index < -0.39 is 23.8 Å². The summed E-state index contributed by atoms with van der Waals surface area (Å²) in [5.74, 6) is -1.60. The summed E-state index contributed by atoms with van der Waals surface area (Å²) in [4.78, 5) is 12.1. The first kappa shape index (κ1) is 19.5. The molecule has 2 aromatic carbocycles. The van der Waals surface area contributed by atoms with Crippen molar-refractivity contribution in [2.24, 2.45) is 0 Å². The summed E-state index contributed by atoms with van der Waals surface area (Å²) >= 11 is 0. The topological polar surface area (TPSA) is 79.2 Å². The highest BCUT2D eigenvalue weighted by molar-refractivity contribution is 5.89. The van der Waals surface area contributed by atoms with Crippen LogP contribution in [0.3, 0.4) is 0 Å². The van der Waals surface area contributed by atoms with Gasteiger partial charge in [-0.3, -0.25) is 0 Å². The average molecular weight is 386 g/mol. The average Bonchev–Trinajstić information content (AvgIpc) is 2.98. The molecule has 1 atom stereocenters. The van der Waals surface area contributed by atoms with E-state index in [4.69, 9.17) is 0 Å². The Morgan fingerprint density at radius 3 is 2.64 bits per heavy atom. The fraction of sp³-hybridized carbons (Fsp3) is 0.200. The number of carbonyl (C=O) groups excluding carboxylic acids is 1. The number of benzene rings is 2. The zero-order valence-corrected chi connectivity index (χ0v) is 15.4. The molecular weight excluding hydrogens is 366 g/mol. The number of hydrogen-bond acceptors (Lipinski definition) is 3. The number of rotatable bonds is 5. The molecule has 1 aromatic heterocycles. The Morgan fingerprint density at radius 2 is 1.96 bits per heavy atom. The standard InChI is InChI=1S/C20H20F2N4O2/c1-12-8-13(2)26(25-12)16-5-3-4-15(10-16)24-20(28)23-11-19(27)17-7-6-14(21)9-18(17)22/h3-10,19,27H,11H2,1-2H3,(H2,23,24,28). The van der Waals surface area contributed by atoms with Gasteiger partial charge in [-0.1, -0.05) is 12.1 Å². The van der Waals surface area contributed by atoms with E-state index in [0.717, 1.165) is 29.2 Å². The zero-order valence-electron chi connectivity index (χ0n) is 15.4. The molecule has 0 spiro atoms. The molecule has 28 heavy (non-hydrogen) atoms. The number of nitrogens with one attached hydrogen (secondary N) is 2. The highest BCUT2D eigenvalue weighted by Gasteiger charge is 2.15. The second kappa shape index (κ2) is 8.18. The van der Waals surface area contributed by atoms with Crippen molar-refractivity contribution in [2.45, 2.75) is 20.0 Å². The molecular formula is C20H20F2N4O2. The summed E-state index contributed by atoms with van der Waals surface area (Å²) in [5.41, 5.74) is 3.08. The van der Waals surface area contributed by atoms with Gasteiger partial charge in [0.15, 0.2) is 0 Å². The SMILES string of the molecule is Cc1cc(C)n(-c2cccc(NC(=O)NCC(O)c3ccc(F)cc3F)c2)n1. The second-order valence-corrected chi connectivity index (χ2v) is 6.41. The Morgan fingerprint density at radius 1 is 1.18 bits per heavy atom. The van der Waals surface area contributed by atoms with Gasteiger partial charge in [0.1, 0.15) is 11.6 Å². The van der Waals surface area contributed by atoms with E-state index in [1.807, 2.05) is 26.0 Å². The Kier molecular flexibility index (Phi) is 5.70. The lowest BCUT2D eigenvalue weighted by atomic mass is 10.1. The van der Waals surface area contributed by atoms with Crippen LogP contribution in [-0.4, -0.2) is 27.5 Å². The van der Waals surface area contributed by atoms with E-state index >= 15 is 0 Å². The van der Waals surface area contributed by atoms with Crippen molar-refractivity contribution < 1.29 is 18.7 Å². The highest BCUT2D eigenvalue weighted by Crippen LogP contribution is 2.18. The van der Waals surface area contributed by atoms with Gasteiger partial charge in [0.05, 0.1) is 17.5 Å². The van der Waals surface area contributed by atoms with Crippen LogP contribution < -0.4 is 10.6 Å². The molecule has 0 saturated heterocycles. The van der Waals surface area contributed by atoms with Gasteiger partial charge in [0, 0.05) is 29.6 Å². The van der Waals surface area contributed by atoms with Crippen molar-refractivity contribution in [3.8, 4) is 5.69 Å². The van der Waals surface area contributed by atoms with Crippen LogP contribution in [0.2, 0.25) is 0 Å². The van der Waals surface area contributed by atoms with Gasteiger partial charge < -0.3 is 15.7 Å². The maximum absolute atomic E-state index is 13.7. The van der Waals surface area contributed by atoms with Crippen LogP contribution in [0.5, 0.6) is 0 Å². The lowest BCUT2D eigenvalue weighted by Crippen LogP contribution is -2.32. The number of aliphatic hydroxyl groups is 1. The number of urea groups is 1. The van der Waals surface area contributed by atoms with Gasteiger partial charge >= 0.3 is 6.03 Å². The molecule has 0 radical (unpaired) electrons. The molecule has 0 fully saturated rings. The first-order valence-corrected chi connectivity index (χ1v) is 8.65. The maximum Gasteiger partial charge on any atom is 0.319 e. The molecule has 6 nitrogen and oxygen atoms in total. The lowest BCUT2D eigenvalue weighted by molar-refractivity contribution is 0.170. The number of aliphatic hydroxyl groups excluding tert-OH is 1. The first-order valence-electron chi connectivity index (χ1n) is 8.65. The van der Waals surface area contributed by atoms with Gasteiger partial charge in [-0.2, -0.15) is 5.10 Å². The number of anilines is 1. The summed E-state index contributed by atoms with van der Waals surface area (Å²) < 4.78 is 28.4. The third-order valence-corrected chi connectivity index (χ3v) is 4.14. The number of amides is 2. The highest BCUT2D eigenvalue weighted by atomic mass is 19.1. The van der Waals surface area contributed by atoms with Gasteiger partial charge in [0.2, 0.25) is 0 Å². The predicted octanol–water partition coefficient (Wildman–Crippen LogP) is 3.62. The van der Waals surface area contributed by atoms with Gasteiger partial charge in [-0.25, -0.2) is 18.3 Å². The minimum absolute atomic E-state index is 0.0896. The molecule has 0 aliphatic carbocycles. The van der Waals surface area contributed by atoms with Crippen molar-refractivity contribution in [3.63, 3.8) is 0 Å². The molecule has 8 heteroatoms. The van der Waals surface area contributed by atoms with Crippen molar-refractivity contribution in [1.82, 2.24) is 15.1 Å². The van der Waals surface area contributed by atoms with Gasteiger partial charge in [0.25, 0.3) is 0 Å². The molecule has 3 aromatic rings. The maximum atomic E-state index is 13.7. The molecule has 0 aliphatic heterocycles. The zero-order chi connectivity index (χ0) is 20.3. The summed E-state index contributed by atoms with van der Waals surface area (Å²) in [6.45, 7) is 3.60. The molecule has 3 rings (SSSR count). The van der Waals surface area contributed by atoms with E-state index in [-0.39, 0.29) is 12.1 Å². The van der Waals surface area contributed by atoms with Gasteiger partial charge in [-0.05, 0) is 44.2 Å². The summed E-state index contributed by atoms with van der Waals surface area (Å²) in [6.07, 6.45) is -1.30. The van der Waals surface area contributed by atoms with Crippen LogP contribution in [0.1, 0.15) is 23.1 Å². The minimum atomic E-state index is -1.30. The number of nitrogens with zero attached hydrogens (tertiary/aromatic N) is 2. The predicted molar refractivity (Wildman–Crippen MR) is 101 cm³/mol. The van der Waals surface area contributed by atoms with E-state index in [1.165, 1.54) is 0 Å². The largest absolute Gasteiger partial charge is 0.386 e. The minimum Gasteiger partial charge on any atom is -0.386 e. The van der Waals surface area contributed by atoms with Crippen LogP contribution >= 0.6 is 0 Å². The Bertz CT molecular complexity index is 1000. The fourth-order valence-corrected chi connectivity index (χ4v) is 2.85. The molecule has 1 unspecified atom stereocenters. The smallest absolute Gasteiger partial charge is 0.319 e. The van der Waals surface area contributed by atoms with Crippen LogP contribution in [0, 0.1) is 25.5 Å². The quantitative estimate of drug-likeness (QED) is 0.627. The molecule has 0 saturated carbocycles. The number of aryl methyl sites for hydroxylation is 2. The van der Waals surface area contributed by atoms with E-state index in [2.05, 4.69) is 15.7 Å². The number of aromatic nitrogens is 2. The van der Waals surface area contributed by atoms with Crippen molar-refractivity contribution in [1.29, 1.82) is 0 Å². The molecule has 1 heterocycles. The van der Waals surface area contributed by atoms with E-state index in [1.54, 1.807) is 22.9 Å². The van der Waals surface area contributed by atoms with Crippen LogP contribution in [-0.2, 0) is 0 Å². The van der Waals surface area contributed by atoms with Crippen LogP contribution in [0.4, 0.5) is 19.3 Å². The Balaban J connectivity index is 1.62. The van der Waals surface area contributed by atoms with E-state index in [9.17, 15) is 18.7 Å². The normalized spacial score (nSPS) is 11.9. The Hall–Kier alpha value is -3.26. The number of halogens is 2. The lowest BCUT2D eigenvalue weighted by Gasteiger charge is -2.14. The third-order valence-electron chi connectivity index (χ3n) is 4.14. The van der Waals surface area contributed by atoms with Crippen LogP contribution in [0.15, 0.2) is 48.5 Å². The number of carbonyl (C=O) groups is 1. The molecule has 146 valence electrons. The van der Waals surface area contributed by atoms with Gasteiger partial charge in [-0.15, -0.1) is 0 Å².